The summed E-state index contributed by atoms with van der Waals surface area (Å²) in [5.74, 6) is -0.0424. The van der Waals surface area contributed by atoms with E-state index < -0.39 is 0 Å². The lowest BCUT2D eigenvalue weighted by atomic mass is 10.2. The van der Waals surface area contributed by atoms with Gasteiger partial charge in [-0.25, -0.2) is 0 Å². The number of piperazine rings is 1. The maximum Gasteiger partial charge on any atom is 0.291 e. The SMILES string of the molecule is Cc1cc(NC(=O)c2ccco2)sc1C(=O)N1CCN(C/C=C/c2ccccc2)CC1. The van der Waals surface area contributed by atoms with Crippen molar-refractivity contribution in [2.45, 2.75) is 6.92 Å². The second kappa shape index (κ2) is 9.76. The number of anilines is 1. The largest absolute Gasteiger partial charge is 0.459 e. The lowest BCUT2D eigenvalue weighted by Crippen LogP contribution is -2.48. The van der Waals surface area contributed by atoms with E-state index in [1.54, 1.807) is 12.1 Å². The molecular weight excluding hydrogens is 410 g/mol. The number of nitrogens with zero attached hydrogens (tertiary/aromatic N) is 2. The molecule has 4 rings (SSSR count). The fourth-order valence-electron chi connectivity index (χ4n) is 3.52. The molecule has 1 fully saturated rings. The minimum absolute atomic E-state index is 0.0282. The Kier molecular flexibility index (Phi) is 6.64. The third kappa shape index (κ3) is 5.31. The van der Waals surface area contributed by atoms with Crippen LogP contribution in [-0.2, 0) is 0 Å². The molecule has 2 aromatic heterocycles. The Labute approximate surface area is 185 Å². The smallest absolute Gasteiger partial charge is 0.291 e. The van der Waals surface area contributed by atoms with E-state index in [0.717, 1.165) is 25.2 Å². The minimum Gasteiger partial charge on any atom is -0.459 e. The summed E-state index contributed by atoms with van der Waals surface area (Å²) >= 11 is 1.31. The average Bonchev–Trinajstić information content (AvgIpc) is 3.45. The van der Waals surface area contributed by atoms with Crippen molar-refractivity contribution in [3.63, 3.8) is 0 Å². The van der Waals surface area contributed by atoms with E-state index in [-0.39, 0.29) is 17.6 Å². The van der Waals surface area contributed by atoms with Gasteiger partial charge in [0.05, 0.1) is 16.1 Å². The highest BCUT2D eigenvalue weighted by Gasteiger charge is 2.25. The highest BCUT2D eigenvalue weighted by molar-refractivity contribution is 7.18. The standard InChI is InChI=1S/C24H25N3O3S/c1-18-17-21(25-23(28)20-10-6-16-30-20)31-22(18)24(29)27-14-12-26(13-15-27)11-5-9-19-7-3-2-4-8-19/h2-10,16-17H,11-15H2,1H3,(H,25,28)/b9-5+. The zero-order chi connectivity index (χ0) is 21.6. The molecule has 0 spiro atoms. The van der Waals surface area contributed by atoms with Gasteiger partial charge in [0.25, 0.3) is 11.8 Å². The molecule has 160 valence electrons. The number of hydrogen-bond donors (Lipinski definition) is 1. The molecule has 0 unspecified atom stereocenters. The lowest BCUT2D eigenvalue weighted by molar-refractivity contribution is 0.0654. The summed E-state index contributed by atoms with van der Waals surface area (Å²) in [5.41, 5.74) is 2.07. The molecule has 1 aromatic carbocycles. The van der Waals surface area contributed by atoms with E-state index >= 15 is 0 Å². The zero-order valence-corrected chi connectivity index (χ0v) is 18.2. The number of rotatable bonds is 6. The Balaban J connectivity index is 1.30. The molecular formula is C24H25N3O3S. The van der Waals surface area contributed by atoms with Crippen LogP contribution in [0.5, 0.6) is 0 Å². The van der Waals surface area contributed by atoms with E-state index in [1.165, 1.54) is 23.2 Å². The van der Waals surface area contributed by atoms with Crippen molar-refractivity contribution >= 4 is 34.2 Å². The average molecular weight is 436 g/mol. The summed E-state index contributed by atoms with van der Waals surface area (Å²) in [6.07, 6.45) is 5.76. The van der Waals surface area contributed by atoms with Gasteiger partial charge in [-0.1, -0.05) is 42.5 Å². The molecule has 31 heavy (non-hydrogen) atoms. The molecule has 1 N–H and O–H groups in total. The van der Waals surface area contributed by atoms with Crippen LogP contribution in [0.25, 0.3) is 6.08 Å². The van der Waals surface area contributed by atoms with Gasteiger partial charge in [-0.2, -0.15) is 0 Å². The van der Waals surface area contributed by atoms with Gasteiger partial charge in [0.2, 0.25) is 0 Å². The number of hydrogen-bond acceptors (Lipinski definition) is 5. The molecule has 0 radical (unpaired) electrons. The van der Waals surface area contributed by atoms with Crippen molar-refractivity contribution in [2.24, 2.45) is 0 Å². The Morgan fingerprint density at radius 2 is 1.87 bits per heavy atom. The molecule has 0 bridgehead atoms. The number of aryl methyl sites for hydroxylation is 1. The molecule has 6 nitrogen and oxygen atoms in total. The first-order chi connectivity index (χ1) is 15.1. The topological polar surface area (TPSA) is 65.8 Å². The van der Waals surface area contributed by atoms with Crippen LogP contribution in [0.2, 0.25) is 0 Å². The van der Waals surface area contributed by atoms with Gasteiger partial charge in [0, 0.05) is 32.7 Å². The molecule has 1 aliphatic heterocycles. The fourth-order valence-corrected chi connectivity index (χ4v) is 4.55. The van der Waals surface area contributed by atoms with Crippen LogP contribution in [0.1, 0.15) is 31.4 Å². The predicted molar refractivity (Wildman–Crippen MR) is 124 cm³/mol. The van der Waals surface area contributed by atoms with Crippen molar-refractivity contribution in [2.75, 3.05) is 38.0 Å². The number of amides is 2. The Morgan fingerprint density at radius 3 is 2.58 bits per heavy atom. The summed E-state index contributed by atoms with van der Waals surface area (Å²) in [6.45, 7) is 5.86. The second-order valence-corrected chi connectivity index (χ2v) is 8.51. The molecule has 0 aliphatic carbocycles. The first kappa shape index (κ1) is 21.1. The van der Waals surface area contributed by atoms with E-state index in [4.69, 9.17) is 4.42 Å². The summed E-state index contributed by atoms with van der Waals surface area (Å²) in [4.78, 5) is 30.1. The van der Waals surface area contributed by atoms with Gasteiger partial charge in [-0.05, 0) is 36.2 Å². The van der Waals surface area contributed by atoms with Gasteiger partial charge in [-0.15, -0.1) is 11.3 Å². The number of thiophene rings is 1. The first-order valence-electron chi connectivity index (χ1n) is 10.3. The van der Waals surface area contributed by atoms with Crippen LogP contribution in [0.4, 0.5) is 5.00 Å². The molecule has 3 heterocycles. The molecule has 2 amide bonds. The summed E-state index contributed by atoms with van der Waals surface area (Å²) in [7, 11) is 0. The van der Waals surface area contributed by atoms with Crippen LogP contribution in [0.15, 0.2) is 65.3 Å². The Bertz CT molecular complexity index is 1050. The summed E-state index contributed by atoms with van der Waals surface area (Å²) < 4.78 is 5.12. The number of carbonyl (C=O) groups is 2. The lowest BCUT2D eigenvalue weighted by Gasteiger charge is -2.34. The number of benzene rings is 1. The second-order valence-electron chi connectivity index (χ2n) is 7.46. The maximum absolute atomic E-state index is 13.0. The highest BCUT2D eigenvalue weighted by atomic mass is 32.1. The summed E-state index contributed by atoms with van der Waals surface area (Å²) in [5, 5.41) is 3.45. The van der Waals surface area contributed by atoms with Crippen molar-refractivity contribution < 1.29 is 14.0 Å². The van der Waals surface area contributed by atoms with E-state index in [1.807, 2.05) is 36.1 Å². The fraction of sp³-hybridized carbons (Fsp3) is 0.250. The van der Waals surface area contributed by atoms with E-state index in [0.29, 0.717) is 23.0 Å². The van der Waals surface area contributed by atoms with Gasteiger partial charge in [0.1, 0.15) is 0 Å². The molecule has 3 aromatic rings. The third-order valence-electron chi connectivity index (χ3n) is 5.23. The molecule has 7 heteroatoms. The molecule has 1 aliphatic rings. The van der Waals surface area contributed by atoms with E-state index in [2.05, 4.69) is 34.5 Å². The Hall–Kier alpha value is -3.16. The van der Waals surface area contributed by atoms with Crippen molar-refractivity contribution in [3.8, 4) is 0 Å². The van der Waals surface area contributed by atoms with E-state index in [9.17, 15) is 9.59 Å². The van der Waals surface area contributed by atoms with Crippen LogP contribution in [-0.4, -0.2) is 54.3 Å². The van der Waals surface area contributed by atoms with Crippen LogP contribution in [0.3, 0.4) is 0 Å². The van der Waals surface area contributed by atoms with Crippen molar-refractivity contribution in [3.05, 3.63) is 82.6 Å². The summed E-state index contributed by atoms with van der Waals surface area (Å²) in [6, 6.07) is 15.4. The van der Waals surface area contributed by atoms with Gasteiger partial charge < -0.3 is 14.6 Å². The van der Waals surface area contributed by atoms with Crippen LogP contribution in [0, 0.1) is 6.92 Å². The van der Waals surface area contributed by atoms with Gasteiger partial charge >= 0.3 is 0 Å². The van der Waals surface area contributed by atoms with Crippen LogP contribution >= 0.6 is 11.3 Å². The van der Waals surface area contributed by atoms with Crippen molar-refractivity contribution in [1.82, 2.24) is 9.80 Å². The predicted octanol–water partition coefficient (Wildman–Crippen LogP) is 4.37. The minimum atomic E-state index is -0.317. The zero-order valence-electron chi connectivity index (χ0n) is 17.4. The van der Waals surface area contributed by atoms with Crippen molar-refractivity contribution in [1.29, 1.82) is 0 Å². The first-order valence-corrected chi connectivity index (χ1v) is 11.1. The third-order valence-corrected chi connectivity index (χ3v) is 6.37. The quantitative estimate of drug-likeness (QED) is 0.624. The molecule has 0 atom stereocenters. The molecule has 1 saturated heterocycles. The van der Waals surface area contributed by atoms with Gasteiger partial charge in [-0.3, -0.25) is 14.5 Å². The number of furan rings is 1. The Morgan fingerprint density at radius 1 is 1.10 bits per heavy atom. The van der Waals surface area contributed by atoms with Crippen LogP contribution < -0.4 is 5.32 Å². The monoisotopic (exact) mass is 435 g/mol. The number of carbonyl (C=O) groups excluding carboxylic acids is 2. The number of nitrogens with one attached hydrogen (secondary N) is 1. The van der Waals surface area contributed by atoms with Gasteiger partial charge in [0.15, 0.2) is 5.76 Å². The molecule has 0 saturated carbocycles. The maximum atomic E-state index is 13.0. The normalized spacial score (nSPS) is 14.8. The highest BCUT2D eigenvalue weighted by Crippen LogP contribution is 2.28.